The molecule has 0 saturated carbocycles. The largest absolute Gasteiger partial charge is 0.323 e. The fraction of sp³-hybridized carbons (Fsp3) is 0.118. The minimum Gasteiger partial charge on any atom is -0.308 e. The lowest BCUT2D eigenvalue weighted by atomic mass is 10.2. The smallest absolute Gasteiger partial charge is 0.308 e. The summed E-state index contributed by atoms with van der Waals surface area (Å²) in [4.78, 5) is 21.0. The zero-order valence-corrected chi connectivity index (χ0v) is 14.9. The van der Waals surface area contributed by atoms with Gasteiger partial charge < -0.3 is 10.6 Å². The number of hydrogen-bond donors (Lipinski definition) is 2. The number of carbonyl (C=O) groups is 1. The number of hydrogen-bond acceptors (Lipinski definition) is 3. The molecular weight excluding hydrogens is 403 g/mol. The van der Waals surface area contributed by atoms with E-state index in [9.17, 15) is 4.79 Å². The molecule has 116 valence electrons. The number of benzene rings is 2. The molecule has 0 saturated heterocycles. The zero-order valence-electron chi connectivity index (χ0n) is 12.7. The second-order valence-corrected chi connectivity index (χ2v) is 6.43. The van der Waals surface area contributed by atoms with Gasteiger partial charge in [0.1, 0.15) is 0 Å². The standard InChI is InChI=1S/C17H15IN4O/c1-10-11(2)20-16-9-14(7-8-15(16)19-10)22-17(23)21-13-5-3-12(18)4-6-13/h3-9H,1-2H3,(H2,21,22,23). The average molecular weight is 418 g/mol. The van der Waals surface area contributed by atoms with E-state index in [2.05, 4.69) is 43.2 Å². The summed E-state index contributed by atoms with van der Waals surface area (Å²) >= 11 is 2.22. The van der Waals surface area contributed by atoms with Crippen LogP contribution in [0.4, 0.5) is 16.2 Å². The second kappa shape index (κ2) is 6.49. The summed E-state index contributed by atoms with van der Waals surface area (Å²) in [5.41, 5.74) is 4.80. The van der Waals surface area contributed by atoms with Crippen LogP contribution < -0.4 is 10.6 Å². The summed E-state index contributed by atoms with van der Waals surface area (Å²) in [6.07, 6.45) is 0. The quantitative estimate of drug-likeness (QED) is 0.603. The van der Waals surface area contributed by atoms with Gasteiger partial charge in [0.05, 0.1) is 22.4 Å². The lowest BCUT2D eigenvalue weighted by Crippen LogP contribution is -2.19. The molecule has 6 heteroatoms. The first-order chi connectivity index (χ1) is 11.0. The summed E-state index contributed by atoms with van der Waals surface area (Å²) in [5.74, 6) is 0. The van der Waals surface area contributed by atoms with Crippen molar-refractivity contribution in [3.63, 3.8) is 0 Å². The maximum Gasteiger partial charge on any atom is 0.323 e. The van der Waals surface area contributed by atoms with Gasteiger partial charge >= 0.3 is 6.03 Å². The lowest BCUT2D eigenvalue weighted by molar-refractivity contribution is 0.262. The van der Waals surface area contributed by atoms with Gasteiger partial charge in [0.25, 0.3) is 0 Å². The first-order valence-electron chi connectivity index (χ1n) is 7.10. The van der Waals surface area contributed by atoms with Crippen LogP contribution in [0.25, 0.3) is 11.0 Å². The highest BCUT2D eigenvalue weighted by atomic mass is 127. The van der Waals surface area contributed by atoms with Crippen molar-refractivity contribution >= 4 is 51.0 Å². The predicted molar refractivity (Wildman–Crippen MR) is 101 cm³/mol. The zero-order chi connectivity index (χ0) is 16.4. The maximum absolute atomic E-state index is 12.1. The number of fused-ring (bicyclic) bond motifs is 1. The second-order valence-electron chi connectivity index (χ2n) is 5.18. The minimum atomic E-state index is -0.289. The Labute approximate surface area is 147 Å². The molecule has 0 aliphatic heterocycles. The van der Waals surface area contributed by atoms with Crippen molar-refractivity contribution in [1.82, 2.24) is 9.97 Å². The fourth-order valence-electron chi connectivity index (χ4n) is 2.14. The number of amides is 2. The Morgan fingerprint density at radius 1 is 0.870 bits per heavy atom. The van der Waals surface area contributed by atoms with Crippen LogP contribution in [-0.4, -0.2) is 16.0 Å². The van der Waals surface area contributed by atoms with Crippen molar-refractivity contribution in [2.75, 3.05) is 10.6 Å². The van der Waals surface area contributed by atoms with Crippen LogP contribution in [0.3, 0.4) is 0 Å². The van der Waals surface area contributed by atoms with E-state index in [4.69, 9.17) is 0 Å². The average Bonchev–Trinajstić information content (AvgIpc) is 2.51. The number of urea groups is 1. The van der Waals surface area contributed by atoms with Gasteiger partial charge in [-0.3, -0.25) is 0 Å². The van der Waals surface area contributed by atoms with E-state index in [0.717, 1.165) is 31.7 Å². The molecule has 2 N–H and O–H groups in total. The molecule has 2 aromatic carbocycles. The van der Waals surface area contributed by atoms with Crippen LogP contribution in [0.2, 0.25) is 0 Å². The van der Waals surface area contributed by atoms with Crippen molar-refractivity contribution in [3.05, 3.63) is 57.4 Å². The Balaban J connectivity index is 1.76. The molecule has 0 radical (unpaired) electrons. The molecule has 0 atom stereocenters. The van der Waals surface area contributed by atoms with Crippen molar-refractivity contribution in [2.24, 2.45) is 0 Å². The number of nitrogens with zero attached hydrogens (tertiary/aromatic N) is 2. The third-order valence-electron chi connectivity index (χ3n) is 3.44. The molecule has 1 aromatic heterocycles. The number of halogens is 1. The van der Waals surface area contributed by atoms with Crippen LogP contribution in [0, 0.1) is 17.4 Å². The first kappa shape index (κ1) is 15.7. The Bertz CT molecular complexity index is 878. The Hall–Kier alpha value is -2.22. The topological polar surface area (TPSA) is 66.9 Å². The van der Waals surface area contributed by atoms with E-state index in [1.807, 2.05) is 56.3 Å². The first-order valence-corrected chi connectivity index (χ1v) is 8.18. The third-order valence-corrected chi connectivity index (χ3v) is 4.15. The molecule has 3 aromatic rings. The van der Waals surface area contributed by atoms with Gasteiger partial charge in [-0.05, 0) is 78.9 Å². The molecule has 0 aliphatic carbocycles. The minimum absolute atomic E-state index is 0.289. The van der Waals surface area contributed by atoms with Gasteiger partial charge in [-0.15, -0.1) is 0 Å². The highest BCUT2D eigenvalue weighted by Crippen LogP contribution is 2.18. The van der Waals surface area contributed by atoms with Gasteiger partial charge in [-0.25, -0.2) is 14.8 Å². The molecule has 5 nitrogen and oxygen atoms in total. The molecule has 0 bridgehead atoms. The summed E-state index contributed by atoms with van der Waals surface area (Å²) in [6.45, 7) is 3.85. The van der Waals surface area contributed by atoms with Crippen LogP contribution in [0.15, 0.2) is 42.5 Å². The Morgan fingerprint density at radius 3 is 2.13 bits per heavy atom. The number of anilines is 2. The van der Waals surface area contributed by atoms with E-state index in [0.29, 0.717) is 5.69 Å². The summed E-state index contributed by atoms with van der Waals surface area (Å²) in [7, 11) is 0. The van der Waals surface area contributed by atoms with Crippen LogP contribution >= 0.6 is 22.6 Å². The van der Waals surface area contributed by atoms with E-state index in [1.165, 1.54) is 0 Å². The van der Waals surface area contributed by atoms with Gasteiger partial charge in [-0.2, -0.15) is 0 Å². The normalized spacial score (nSPS) is 10.6. The van der Waals surface area contributed by atoms with Crippen molar-refractivity contribution in [2.45, 2.75) is 13.8 Å². The van der Waals surface area contributed by atoms with Gasteiger partial charge in [0.2, 0.25) is 0 Å². The molecule has 0 aliphatic rings. The summed E-state index contributed by atoms with van der Waals surface area (Å²) in [6, 6.07) is 12.8. The fourth-order valence-corrected chi connectivity index (χ4v) is 2.49. The molecule has 0 unspecified atom stereocenters. The van der Waals surface area contributed by atoms with Gasteiger partial charge in [0, 0.05) is 14.9 Å². The highest BCUT2D eigenvalue weighted by molar-refractivity contribution is 14.1. The summed E-state index contributed by atoms with van der Waals surface area (Å²) < 4.78 is 1.12. The van der Waals surface area contributed by atoms with Crippen molar-refractivity contribution in [1.29, 1.82) is 0 Å². The van der Waals surface area contributed by atoms with Crippen molar-refractivity contribution in [3.8, 4) is 0 Å². The van der Waals surface area contributed by atoms with Gasteiger partial charge in [-0.1, -0.05) is 0 Å². The Kier molecular flexibility index (Phi) is 4.42. The SMILES string of the molecule is Cc1nc2ccc(NC(=O)Nc3ccc(I)cc3)cc2nc1C. The van der Waals surface area contributed by atoms with E-state index >= 15 is 0 Å². The van der Waals surface area contributed by atoms with E-state index in [1.54, 1.807) is 0 Å². The molecule has 2 amide bonds. The van der Waals surface area contributed by atoms with Crippen molar-refractivity contribution < 1.29 is 4.79 Å². The van der Waals surface area contributed by atoms with Crippen LogP contribution in [0.1, 0.15) is 11.4 Å². The van der Waals surface area contributed by atoms with E-state index < -0.39 is 0 Å². The number of rotatable bonds is 2. The molecule has 3 rings (SSSR count). The summed E-state index contributed by atoms with van der Waals surface area (Å²) in [5, 5.41) is 5.61. The monoisotopic (exact) mass is 418 g/mol. The van der Waals surface area contributed by atoms with Crippen LogP contribution in [0.5, 0.6) is 0 Å². The molecule has 23 heavy (non-hydrogen) atoms. The molecular formula is C17H15IN4O. The maximum atomic E-state index is 12.1. The van der Waals surface area contributed by atoms with Gasteiger partial charge in [0.15, 0.2) is 0 Å². The molecule has 0 spiro atoms. The Morgan fingerprint density at radius 2 is 1.43 bits per heavy atom. The lowest BCUT2D eigenvalue weighted by Gasteiger charge is -2.09. The van der Waals surface area contributed by atoms with Crippen LogP contribution in [-0.2, 0) is 0 Å². The molecule has 1 heterocycles. The number of nitrogens with one attached hydrogen (secondary N) is 2. The van der Waals surface area contributed by atoms with E-state index in [-0.39, 0.29) is 6.03 Å². The number of carbonyl (C=O) groups excluding carboxylic acids is 1. The predicted octanol–water partition coefficient (Wildman–Crippen LogP) is 4.50. The highest BCUT2D eigenvalue weighted by Gasteiger charge is 2.06. The third kappa shape index (κ3) is 3.76. The molecule has 0 fully saturated rings. The number of aryl methyl sites for hydroxylation is 2. The number of aromatic nitrogens is 2.